The molecule has 8 heteroatoms. The Morgan fingerprint density at radius 1 is 1.34 bits per heavy atom. The first kappa shape index (κ1) is 23.7. The minimum Gasteiger partial charge on any atom is -0.463 e. The van der Waals surface area contributed by atoms with E-state index < -0.39 is 5.95 Å². The second-order valence-electron chi connectivity index (χ2n) is 8.08. The predicted molar refractivity (Wildman–Crippen MR) is 118 cm³/mol. The number of carbonyl (C=O) groups excluding carboxylic acids is 2. The second kappa shape index (κ2) is 11.6. The van der Waals surface area contributed by atoms with Gasteiger partial charge in [-0.05, 0) is 56.4 Å². The number of carbonyl (C=O) groups is 2. The zero-order valence-electron chi connectivity index (χ0n) is 18.3. The minimum atomic E-state index is -0.598. The van der Waals surface area contributed by atoms with Crippen molar-refractivity contribution in [1.29, 1.82) is 0 Å². The van der Waals surface area contributed by atoms with Gasteiger partial charge in [-0.3, -0.25) is 9.59 Å². The van der Waals surface area contributed by atoms with Crippen LogP contribution in [0.2, 0.25) is 0 Å². The number of aromatic nitrogens is 1. The molecular weight excluding hydrogens is 413 g/mol. The number of unbranched alkanes of at least 4 members (excludes halogenated alkanes) is 1. The van der Waals surface area contributed by atoms with E-state index in [1.165, 1.54) is 18.3 Å². The molecule has 0 atom stereocenters. The summed E-state index contributed by atoms with van der Waals surface area (Å²) >= 11 is 0. The molecule has 0 spiro atoms. The zero-order chi connectivity index (χ0) is 22.9. The Bertz CT molecular complexity index is 948. The molecule has 3 rings (SSSR count). The van der Waals surface area contributed by atoms with Crippen LogP contribution in [0.25, 0.3) is 6.08 Å². The third-order valence-electron chi connectivity index (χ3n) is 5.80. The van der Waals surface area contributed by atoms with Crippen LogP contribution in [0.15, 0.2) is 34.9 Å². The Morgan fingerprint density at radius 3 is 2.81 bits per heavy atom. The van der Waals surface area contributed by atoms with Crippen LogP contribution >= 0.6 is 0 Å². The van der Waals surface area contributed by atoms with Crippen molar-refractivity contribution in [2.75, 3.05) is 19.6 Å². The molecule has 1 aliphatic rings. The van der Waals surface area contributed by atoms with Gasteiger partial charge in [0, 0.05) is 37.5 Å². The van der Waals surface area contributed by atoms with Crippen molar-refractivity contribution < 1.29 is 23.5 Å². The summed E-state index contributed by atoms with van der Waals surface area (Å²) < 4.78 is 18.8. The van der Waals surface area contributed by atoms with E-state index in [0.717, 1.165) is 45.2 Å². The highest BCUT2D eigenvalue weighted by Gasteiger charge is 2.25. The third-order valence-corrected chi connectivity index (χ3v) is 5.80. The molecule has 0 radical (unpaired) electrons. The van der Waals surface area contributed by atoms with Crippen molar-refractivity contribution in [1.82, 2.24) is 15.2 Å². The number of amides is 2. The molecule has 2 aromatic heterocycles. The first-order valence-electron chi connectivity index (χ1n) is 11.0. The molecule has 0 bridgehead atoms. The van der Waals surface area contributed by atoms with Crippen LogP contribution in [0.5, 0.6) is 0 Å². The number of aliphatic hydroxyl groups is 1. The first-order valence-corrected chi connectivity index (χ1v) is 11.0. The maximum Gasteiger partial charge on any atom is 0.257 e. The number of pyridine rings is 1. The van der Waals surface area contributed by atoms with E-state index in [0.29, 0.717) is 29.5 Å². The Morgan fingerprint density at radius 2 is 2.12 bits per heavy atom. The van der Waals surface area contributed by atoms with E-state index >= 15 is 0 Å². The number of halogens is 1. The number of nitrogens with one attached hydrogen (secondary N) is 1. The van der Waals surface area contributed by atoms with Gasteiger partial charge in [-0.1, -0.05) is 12.8 Å². The summed E-state index contributed by atoms with van der Waals surface area (Å²) in [6, 6.07) is 4.81. The van der Waals surface area contributed by atoms with Crippen molar-refractivity contribution in [3.8, 4) is 0 Å². The Labute approximate surface area is 187 Å². The maximum atomic E-state index is 13.4. The van der Waals surface area contributed by atoms with Crippen molar-refractivity contribution >= 4 is 17.9 Å². The number of piperidine rings is 1. The molecule has 0 saturated carbocycles. The summed E-state index contributed by atoms with van der Waals surface area (Å²) in [6.07, 6.45) is 8.96. The number of nitrogens with zero attached hydrogens (tertiary/aromatic N) is 2. The monoisotopic (exact) mass is 443 g/mol. The second-order valence-corrected chi connectivity index (χ2v) is 8.08. The average Bonchev–Trinajstić information content (AvgIpc) is 3.19. The zero-order valence-corrected chi connectivity index (χ0v) is 18.3. The summed E-state index contributed by atoms with van der Waals surface area (Å²) in [4.78, 5) is 29.9. The summed E-state index contributed by atoms with van der Waals surface area (Å²) in [6.45, 7) is 3.54. The number of furan rings is 1. The van der Waals surface area contributed by atoms with Gasteiger partial charge in [-0.15, -0.1) is 0 Å². The van der Waals surface area contributed by atoms with Crippen molar-refractivity contribution in [2.24, 2.45) is 5.92 Å². The van der Waals surface area contributed by atoms with Crippen LogP contribution in [0.1, 0.15) is 59.5 Å². The fourth-order valence-corrected chi connectivity index (χ4v) is 3.95. The topological polar surface area (TPSA) is 95.7 Å². The largest absolute Gasteiger partial charge is 0.463 e. The van der Waals surface area contributed by atoms with Gasteiger partial charge in [0.1, 0.15) is 18.1 Å². The molecule has 0 aromatic carbocycles. The normalized spacial score (nSPS) is 14.8. The standard InChI is InChI=1S/C24H30FN3O4/c1-17-21(15-20(16-29)32-17)24(31)28-13-9-18(10-14-28)5-2-3-11-26-22(30)8-7-19-6-4-12-27-23(19)25/h4,6-8,12,15,18,29H,2-3,5,9-11,13-14,16H2,1H3,(H,26,30)/b8-7+. The minimum absolute atomic E-state index is 0.0358. The molecule has 32 heavy (non-hydrogen) atoms. The quantitative estimate of drug-likeness (QED) is 0.352. The highest BCUT2D eigenvalue weighted by atomic mass is 19.1. The van der Waals surface area contributed by atoms with Gasteiger partial charge in [0.05, 0.1) is 5.56 Å². The predicted octanol–water partition coefficient (Wildman–Crippen LogP) is 3.47. The molecule has 0 unspecified atom stereocenters. The van der Waals surface area contributed by atoms with Gasteiger partial charge < -0.3 is 19.7 Å². The highest BCUT2D eigenvalue weighted by Crippen LogP contribution is 2.25. The molecule has 172 valence electrons. The van der Waals surface area contributed by atoms with E-state index in [-0.39, 0.29) is 24.0 Å². The average molecular weight is 444 g/mol. The number of hydrogen-bond acceptors (Lipinski definition) is 5. The number of rotatable bonds is 9. The molecule has 1 fully saturated rings. The molecule has 7 nitrogen and oxygen atoms in total. The smallest absolute Gasteiger partial charge is 0.257 e. The molecule has 2 amide bonds. The van der Waals surface area contributed by atoms with Gasteiger partial charge in [0.2, 0.25) is 11.9 Å². The van der Waals surface area contributed by atoms with Crippen molar-refractivity contribution in [3.63, 3.8) is 0 Å². The van der Waals surface area contributed by atoms with Crippen LogP contribution < -0.4 is 5.32 Å². The Hall–Kier alpha value is -3.00. The van der Waals surface area contributed by atoms with E-state index in [9.17, 15) is 19.1 Å². The molecule has 1 saturated heterocycles. The highest BCUT2D eigenvalue weighted by molar-refractivity contribution is 5.95. The molecule has 0 aliphatic carbocycles. The van der Waals surface area contributed by atoms with Crippen LogP contribution in [0.4, 0.5) is 4.39 Å². The number of hydrogen-bond donors (Lipinski definition) is 2. The molecule has 2 N–H and O–H groups in total. The van der Waals surface area contributed by atoms with Gasteiger partial charge in [-0.25, -0.2) is 4.98 Å². The van der Waals surface area contributed by atoms with Gasteiger partial charge in [0.25, 0.3) is 5.91 Å². The number of likely N-dealkylation sites (tertiary alicyclic amines) is 1. The van der Waals surface area contributed by atoms with Crippen molar-refractivity contribution in [3.05, 3.63) is 59.1 Å². The molecule has 3 heterocycles. The molecule has 1 aliphatic heterocycles. The SMILES string of the molecule is Cc1oc(CO)cc1C(=O)N1CCC(CCCCNC(=O)/C=C/c2cccnc2F)CC1. The fraction of sp³-hybridized carbons (Fsp3) is 0.458. The fourth-order valence-electron chi connectivity index (χ4n) is 3.95. The molecule has 2 aromatic rings. The van der Waals surface area contributed by atoms with E-state index in [2.05, 4.69) is 10.3 Å². The van der Waals surface area contributed by atoms with Crippen LogP contribution in [-0.2, 0) is 11.4 Å². The Kier molecular flexibility index (Phi) is 8.56. The lowest BCUT2D eigenvalue weighted by atomic mass is 9.91. The summed E-state index contributed by atoms with van der Waals surface area (Å²) in [5.41, 5.74) is 0.813. The summed E-state index contributed by atoms with van der Waals surface area (Å²) in [5.74, 6) is 0.641. The maximum absolute atomic E-state index is 13.4. The van der Waals surface area contributed by atoms with E-state index in [1.807, 2.05) is 4.90 Å². The summed E-state index contributed by atoms with van der Waals surface area (Å²) in [7, 11) is 0. The van der Waals surface area contributed by atoms with E-state index in [1.54, 1.807) is 25.1 Å². The molecular formula is C24H30FN3O4. The van der Waals surface area contributed by atoms with Crippen LogP contribution in [0, 0.1) is 18.8 Å². The Balaban J connectivity index is 1.31. The van der Waals surface area contributed by atoms with Gasteiger partial charge in [0.15, 0.2) is 0 Å². The van der Waals surface area contributed by atoms with Crippen molar-refractivity contribution in [2.45, 2.75) is 45.6 Å². The lowest BCUT2D eigenvalue weighted by Crippen LogP contribution is -2.38. The van der Waals surface area contributed by atoms with Crippen LogP contribution in [0.3, 0.4) is 0 Å². The first-order chi connectivity index (χ1) is 15.5. The van der Waals surface area contributed by atoms with Gasteiger partial charge >= 0.3 is 0 Å². The summed E-state index contributed by atoms with van der Waals surface area (Å²) in [5, 5.41) is 12.0. The van der Waals surface area contributed by atoms with Crippen LogP contribution in [-0.4, -0.2) is 46.4 Å². The lowest BCUT2D eigenvalue weighted by Gasteiger charge is -2.32. The van der Waals surface area contributed by atoms with E-state index in [4.69, 9.17) is 4.42 Å². The number of aryl methyl sites for hydroxylation is 1. The number of aliphatic hydroxyl groups excluding tert-OH is 1. The third kappa shape index (κ3) is 6.50. The lowest BCUT2D eigenvalue weighted by molar-refractivity contribution is -0.116. The van der Waals surface area contributed by atoms with Gasteiger partial charge in [-0.2, -0.15) is 4.39 Å².